The highest BCUT2D eigenvalue weighted by Crippen LogP contribution is 2.51. The van der Waals surface area contributed by atoms with Crippen LogP contribution in [0.25, 0.3) is 88.6 Å². The van der Waals surface area contributed by atoms with Crippen molar-refractivity contribution in [3.05, 3.63) is 175 Å². The molecule has 0 saturated carbocycles. The van der Waals surface area contributed by atoms with Gasteiger partial charge in [-0.1, -0.05) is 91.0 Å². The molecule has 6 aromatic heterocycles. The van der Waals surface area contributed by atoms with E-state index in [1.807, 2.05) is 24.7 Å². The molecule has 2 aliphatic heterocycles. The molecule has 0 amide bonds. The minimum absolute atomic E-state index is 0.0176. The summed E-state index contributed by atoms with van der Waals surface area (Å²) in [4.78, 5) is 15.1. The van der Waals surface area contributed by atoms with Crippen LogP contribution in [0, 0.1) is 0 Å². The molecule has 0 bridgehead atoms. The Morgan fingerprint density at radius 3 is 1.82 bits per heavy atom. The number of benzene rings is 5. The zero-order chi connectivity index (χ0) is 36.9. The highest BCUT2D eigenvalue weighted by Gasteiger charge is 2.46. The molecule has 14 rings (SSSR count). The molecular weight excluding hydrogens is 697 g/mol. The highest BCUT2D eigenvalue weighted by atomic mass is 15.2. The van der Waals surface area contributed by atoms with E-state index in [1.165, 1.54) is 76.9 Å². The SMILES string of the molecule is C1=C2C3=C(CC1c1ncccn1)n1c4c(cccc4c4c5ccccc5n(-c5ccccc5)c41)B3c1ccnc3c4c5ccccc5n(-c5ccccc5)c4n2c13. The normalized spacial score (nSPS) is 15.8. The molecule has 5 aromatic carbocycles. The maximum Gasteiger partial charge on any atom is 0.251 e. The first-order chi connectivity index (χ1) is 28.3. The average Bonchev–Trinajstić information content (AvgIpc) is 4.00. The number of aromatic nitrogens is 7. The molecule has 0 N–H and O–H groups in total. The van der Waals surface area contributed by atoms with Gasteiger partial charge in [0.05, 0.1) is 33.0 Å². The van der Waals surface area contributed by atoms with E-state index in [0.717, 1.165) is 40.3 Å². The summed E-state index contributed by atoms with van der Waals surface area (Å²) in [5, 5.41) is 6.20. The number of pyridine rings is 1. The second-order valence-corrected chi connectivity index (χ2v) is 15.5. The van der Waals surface area contributed by atoms with Crippen molar-refractivity contribution in [2.24, 2.45) is 0 Å². The van der Waals surface area contributed by atoms with E-state index in [9.17, 15) is 0 Å². The van der Waals surface area contributed by atoms with Crippen LogP contribution in [0.4, 0.5) is 0 Å². The summed E-state index contributed by atoms with van der Waals surface area (Å²) in [6.45, 7) is 0.0176. The van der Waals surface area contributed by atoms with E-state index in [4.69, 9.17) is 15.0 Å². The molecule has 1 aliphatic carbocycles. The fourth-order valence-electron chi connectivity index (χ4n) is 10.8. The van der Waals surface area contributed by atoms with Crippen LogP contribution < -0.4 is 10.9 Å². The monoisotopic (exact) mass is 727 g/mol. The van der Waals surface area contributed by atoms with E-state index in [-0.39, 0.29) is 12.6 Å². The average molecular weight is 728 g/mol. The molecule has 1 atom stereocenters. The van der Waals surface area contributed by atoms with Crippen molar-refractivity contribution in [2.75, 3.05) is 0 Å². The largest absolute Gasteiger partial charge is 0.300 e. The van der Waals surface area contributed by atoms with Crippen LogP contribution in [0.2, 0.25) is 0 Å². The van der Waals surface area contributed by atoms with Crippen molar-refractivity contribution in [2.45, 2.75) is 12.3 Å². The van der Waals surface area contributed by atoms with Crippen LogP contribution in [0.1, 0.15) is 18.2 Å². The van der Waals surface area contributed by atoms with Gasteiger partial charge in [0.2, 0.25) is 0 Å². The van der Waals surface area contributed by atoms with Crippen molar-refractivity contribution in [1.29, 1.82) is 0 Å². The second-order valence-electron chi connectivity index (χ2n) is 15.5. The van der Waals surface area contributed by atoms with Crippen molar-refractivity contribution in [1.82, 2.24) is 33.2 Å². The number of nitrogens with zero attached hydrogens (tertiary/aromatic N) is 7. The maximum absolute atomic E-state index is 5.24. The van der Waals surface area contributed by atoms with Crippen molar-refractivity contribution < 1.29 is 0 Å². The van der Waals surface area contributed by atoms with Crippen LogP contribution in [-0.4, -0.2) is 39.9 Å². The summed E-state index contributed by atoms with van der Waals surface area (Å²) in [5.41, 5.74) is 16.9. The third kappa shape index (κ3) is 3.62. The fraction of sp³-hybridized carbons (Fsp3) is 0.0408. The van der Waals surface area contributed by atoms with Gasteiger partial charge < -0.3 is 0 Å². The van der Waals surface area contributed by atoms with Crippen LogP contribution in [-0.2, 0) is 0 Å². The molecule has 0 spiro atoms. The van der Waals surface area contributed by atoms with Crippen molar-refractivity contribution in [3.63, 3.8) is 0 Å². The molecule has 0 saturated heterocycles. The highest BCUT2D eigenvalue weighted by molar-refractivity contribution is 6.97. The third-order valence-corrected chi connectivity index (χ3v) is 12.8. The predicted octanol–water partition coefficient (Wildman–Crippen LogP) is 9.39. The Labute approximate surface area is 326 Å². The van der Waals surface area contributed by atoms with Crippen molar-refractivity contribution >= 4 is 94.8 Å². The van der Waals surface area contributed by atoms with Gasteiger partial charge >= 0.3 is 0 Å². The molecular formula is C49H30BN7. The number of para-hydroxylation sites is 5. The summed E-state index contributed by atoms with van der Waals surface area (Å²) in [5.74, 6) is 0.767. The summed E-state index contributed by atoms with van der Waals surface area (Å²) >= 11 is 0. The Kier molecular flexibility index (Phi) is 5.58. The van der Waals surface area contributed by atoms with Gasteiger partial charge in [0.1, 0.15) is 17.1 Å². The standard InChI is InChI=1S/C49H30BN7/c1-3-13-30(14-4-1)54-37-21-9-7-17-32(37)41-34-19-11-20-35-45(34)56(48(41)54)39-27-29(47-52-24-12-25-53-47)28-40-43(39)50(35)36-23-26-51-44-42-33-18-8-10-22-38(33)55(31-15-5-2-6-16-31)49(42)57(40)46(36)44/h1-26,28-29H,27H2. The van der Waals surface area contributed by atoms with E-state index < -0.39 is 0 Å². The smallest absolute Gasteiger partial charge is 0.251 e. The lowest BCUT2D eigenvalue weighted by Gasteiger charge is -2.39. The Hall–Kier alpha value is -7.45. The second kappa shape index (κ2) is 10.6. The van der Waals surface area contributed by atoms with Gasteiger partial charge in [-0.25, -0.2) is 9.97 Å². The number of hydrogen-bond acceptors (Lipinski definition) is 3. The van der Waals surface area contributed by atoms with Crippen LogP contribution >= 0.6 is 0 Å². The summed E-state index contributed by atoms with van der Waals surface area (Å²) in [7, 11) is 0. The van der Waals surface area contributed by atoms with E-state index >= 15 is 0 Å². The first-order valence-corrected chi connectivity index (χ1v) is 19.7. The minimum Gasteiger partial charge on any atom is -0.300 e. The molecule has 57 heavy (non-hydrogen) atoms. The van der Waals surface area contributed by atoms with Gasteiger partial charge in [-0.05, 0) is 71.0 Å². The predicted molar refractivity (Wildman–Crippen MR) is 232 cm³/mol. The van der Waals surface area contributed by atoms with Gasteiger partial charge in [0, 0.05) is 75.2 Å². The van der Waals surface area contributed by atoms with E-state index in [0.29, 0.717) is 0 Å². The zero-order valence-electron chi connectivity index (χ0n) is 30.6. The first kappa shape index (κ1) is 29.9. The molecule has 8 heterocycles. The Balaban J connectivity index is 1.21. The molecule has 3 aliphatic rings. The number of rotatable bonds is 3. The van der Waals surface area contributed by atoms with E-state index in [1.54, 1.807) is 0 Å². The lowest BCUT2D eigenvalue weighted by Crippen LogP contribution is -2.52. The number of fused-ring (bicyclic) bond motifs is 14. The lowest BCUT2D eigenvalue weighted by atomic mass is 9.33. The van der Waals surface area contributed by atoms with E-state index in [2.05, 4.69) is 158 Å². The number of hydrogen-bond donors (Lipinski definition) is 0. The lowest BCUT2D eigenvalue weighted by molar-refractivity contribution is 0.758. The Morgan fingerprint density at radius 2 is 1.11 bits per heavy atom. The van der Waals surface area contributed by atoms with Gasteiger partial charge in [-0.2, -0.15) is 0 Å². The molecule has 0 fully saturated rings. The topological polar surface area (TPSA) is 58.4 Å². The maximum atomic E-state index is 5.24. The van der Waals surface area contributed by atoms with Gasteiger partial charge in [-0.3, -0.25) is 23.3 Å². The van der Waals surface area contributed by atoms with Gasteiger partial charge in [0.15, 0.2) is 0 Å². The van der Waals surface area contributed by atoms with Crippen molar-refractivity contribution in [3.8, 4) is 11.4 Å². The summed E-state index contributed by atoms with van der Waals surface area (Å²) in [6.07, 6.45) is 9.01. The quantitative estimate of drug-likeness (QED) is 0.171. The molecule has 1 unspecified atom stereocenters. The Bertz CT molecular complexity index is 3600. The molecule has 8 heteroatoms. The summed E-state index contributed by atoms with van der Waals surface area (Å²) in [6, 6.07) is 50.5. The number of allylic oxidation sites excluding steroid dienone is 4. The third-order valence-electron chi connectivity index (χ3n) is 12.8. The summed E-state index contributed by atoms with van der Waals surface area (Å²) < 4.78 is 10.1. The molecule has 11 aromatic rings. The zero-order valence-corrected chi connectivity index (χ0v) is 30.6. The Morgan fingerprint density at radius 1 is 0.491 bits per heavy atom. The fourth-order valence-corrected chi connectivity index (χ4v) is 10.8. The molecule has 264 valence electrons. The van der Waals surface area contributed by atoms with Crippen LogP contribution in [0.3, 0.4) is 0 Å². The van der Waals surface area contributed by atoms with Crippen LogP contribution in [0.5, 0.6) is 0 Å². The molecule has 7 nitrogen and oxygen atoms in total. The van der Waals surface area contributed by atoms with Crippen LogP contribution in [0.15, 0.2) is 170 Å². The van der Waals surface area contributed by atoms with Gasteiger partial charge in [0.25, 0.3) is 6.71 Å². The molecule has 0 radical (unpaired) electrons. The minimum atomic E-state index is -0.0619. The van der Waals surface area contributed by atoms with Gasteiger partial charge in [-0.15, -0.1) is 0 Å². The first-order valence-electron chi connectivity index (χ1n) is 19.7.